The standard InChI is InChI=1S/C15H22N2O6S/c1-11-12(21-2)5-6-13(14(11)22-3)24(19,20)17-9-7-16(8-10-17)15(18)23-4/h5-6H,7-10H2,1-4H3. The lowest BCUT2D eigenvalue weighted by molar-refractivity contribution is 0.108. The fourth-order valence-electron chi connectivity index (χ4n) is 2.71. The first kappa shape index (κ1) is 18.3. The van der Waals surface area contributed by atoms with E-state index < -0.39 is 16.1 Å². The van der Waals surface area contributed by atoms with Crippen molar-refractivity contribution >= 4 is 16.1 Å². The summed E-state index contributed by atoms with van der Waals surface area (Å²) < 4.78 is 42.4. The number of benzene rings is 1. The molecule has 9 heteroatoms. The maximum Gasteiger partial charge on any atom is 0.409 e. The fraction of sp³-hybridized carbons (Fsp3) is 0.533. The number of piperazine rings is 1. The average Bonchev–Trinajstić information content (AvgIpc) is 2.60. The van der Waals surface area contributed by atoms with Gasteiger partial charge in [0.05, 0.1) is 21.3 Å². The molecule has 0 radical (unpaired) electrons. The summed E-state index contributed by atoms with van der Waals surface area (Å²) in [5, 5.41) is 0. The van der Waals surface area contributed by atoms with E-state index >= 15 is 0 Å². The van der Waals surface area contributed by atoms with Crippen LogP contribution in [0, 0.1) is 6.92 Å². The Morgan fingerprint density at radius 1 is 1.04 bits per heavy atom. The lowest BCUT2D eigenvalue weighted by Gasteiger charge is -2.33. The molecule has 1 aromatic rings. The Hall–Kier alpha value is -2.00. The first-order valence-electron chi connectivity index (χ1n) is 7.41. The molecule has 1 aliphatic rings. The highest BCUT2D eigenvalue weighted by molar-refractivity contribution is 7.89. The molecule has 0 atom stereocenters. The molecule has 1 aliphatic heterocycles. The Morgan fingerprint density at radius 3 is 2.17 bits per heavy atom. The number of hydrogen-bond acceptors (Lipinski definition) is 6. The van der Waals surface area contributed by atoms with Gasteiger partial charge in [-0.05, 0) is 19.1 Å². The van der Waals surface area contributed by atoms with Crippen molar-refractivity contribution in [1.29, 1.82) is 0 Å². The Morgan fingerprint density at radius 2 is 1.67 bits per heavy atom. The molecule has 0 aromatic heterocycles. The summed E-state index contributed by atoms with van der Waals surface area (Å²) in [6.07, 6.45) is -0.454. The summed E-state index contributed by atoms with van der Waals surface area (Å²) >= 11 is 0. The zero-order valence-corrected chi connectivity index (χ0v) is 15.1. The molecule has 0 saturated carbocycles. The lowest BCUT2D eigenvalue weighted by Crippen LogP contribution is -2.50. The second kappa shape index (κ2) is 7.27. The minimum atomic E-state index is -3.73. The molecule has 1 fully saturated rings. The number of methoxy groups -OCH3 is 3. The molecule has 1 aromatic carbocycles. The van der Waals surface area contributed by atoms with Crippen LogP contribution >= 0.6 is 0 Å². The van der Waals surface area contributed by atoms with Gasteiger partial charge in [0.25, 0.3) is 0 Å². The number of hydrogen-bond donors (Lipinski definition) is 0. The largest absolute Gasteiger partial charge is 0.496 e. The van der Waals surface area contributed by atoms with E-state index in [0.29, 0.717) is 11.3 Å². The van der Waals surface area contributed by atoms with E-state index in [4.69, 9.17) is 9.47 Å². The van der Waals surface area contributed by atoms with Crippen molar-refractivity contribution in [1.82, 2.24) is 9.21 Å². The predicted octanol–water partition coefficient (Wildman–Crippen LogP) is 1.08. The van der Waals surface area contributed by atoms with Crippen LogP contribution in [-0.4, -0.2) is 71.2 Å². The highest BCUT2D eigenvalue weighted by atomic mass is 32.2. The number of sulfonamides is 1. The second-order valence-electron chi connectivity index (χ2n) is 5.29. The van der Waals surface area contributed by atoms with Crippen LogP contribution in [-0.2, 0) is 14.8 Å². The number of carbonyl (C=O) groups excluding carboxylic acids is 1. The third-order valence-electron chi connectivity index (χ3n) is 4.03. The Kier molecular flexibility index (Phi) is 5.55. The third kappa shape index (κ3) is 3.27. The van der Waals surface area contributed by atoms with Crippen molar-refractivity contribution in [3.05, 3.63) is 17.7 Å². The molecule has 24 heavy (non-hydrogen) atoms. The number of amides is 1. The lowest BCUT2D eigenvalue weighted by atomic mass is 10.2. The van der Waals surface area contributed by atoms with Crippen molar-refractivity contribution in [2.75, 3.05) is 47.5 Å². The minimum absolute atomic E-state index is 0.0924. The van der Waals surface area contributed by atoms with Crippen molar-refractivity contribution in [2.45, 2.75) is 11.8 Å². The van der Waals surface area contributed by atoms with Crippen molar-refractivity contribution in [2.24, 2.45) is 0 Å². The highest BCUT2D eigenvalue weighted by Crippen LogP contribution is 2.35. The highest BCUT2D eigenvalue weighted by Gasteiger charge is 2.33. The van der Waals surface area contributed by atoms with Gasteiger partial charge in [-0.1, -0.05) is 0 Å². The molecule has 8 nitrogen and oxygen atoms in total. The van der Waals surface area contributed by atoms with Gasteiger partial charge in [0.1, 0.15) is 16.4 Å². The molecule has 1 amide bonds. The zero-order valence-electron chi connectivity index (χ0n) is 14.2. The van der Waals surface area contributed by atoms with E-state index in [-0.39, 0.29) is 36.8 Å². The summed E-state index contributed by atoms with van der Waals surface area (Å²) in [5.74, 6) is 0.825. The topological polar surface area (TPSA) is 85.4 Å². The monoisotopic (exact) mass is 358 g/mol. The van der Waals surface area contributed by atoms with Gasteiger partial charge in [0, 0.05) is 31.7 Å². The summed E-state index contributed by atoms with van der Waals surface area (Å²) in [6, 6.07) is 3.09. The van der Waals surface area contributed by atoms with Crippen LogP contribution in [0.4, 0.5) is 4.79 Å². The van der Waals surface area contributed by atoms with Gasteiger partial charge >= 0.3 is 6.09 Å². The SMILES string of the molecule is COC(=O)N1CCN(S(=O)(=O)c2ccc(OC)c(C)c2OC)CC1. The molecule has 134 valence electrons. The van der Waals surface area contributed by atoms with E-state index in [9.17, 15) is 13.2 Å². The van der Waals surface area contributed by atoms with Gasteiger partial charge < -0.3 is 19.1 Å². The Balaban J connectivity index is 2.29. The Bertz CT molecular complexity index is 711. The first-order chi connectivity index (χ1) is 11.4. The average molecular weight is 358 g/mol. The molecule has 0 N–H and O–H groups in total. The fourth-order valence-corrected chi connectivity index (χ4v) is 4.34. The van der Waals surface area contributed by atoms with Crippen LogP contribution in [0.3, 0.4) is 0 Å². The van der Waals surface area contributed by atoms with Crippen molar-refractivity contribution in [3.8, 4) is 11.5 Å². The maximum absolute atomic E-state index is 12.9. The number of nitrogens with zero attached hydrogens (tertiary/aromatic N) is 2. The van der Waals surface area contributed by atoms with Crippen LogP contribution < -0.4 is 9.47 Å². The summed E-state index contributed by atoms with van der Waals surface area (Å²) in [7, 11) is 0.510. The maximum atomic E-state index is 12.9. The first-order valence-corrected chi connectivity index (χ1v) is 8.85. The number of ether oxygens (including phenoxy) is 3. The quantitative estimate of drug-likeness (QED) is 0.801. The summed E-state index contributed by atoms with van der Waals surface area (Å²) in [5.41, 5.74) is 0.620. The summed E-state index contributed by atoms with van der Waals surface area (Å²) in [4.78, 5) is 13.1. The zero-order chi connectivity index (χ0) is 17.9. The van der Waals surface area contributed by atoms with Crippen LogP contribution in [0.2, 0.25) is 0 Å². The van der Waals surface area contributed by atoms with Crippen LogP contribution in [0.5, 0.6) is 11.5 Å². The predicted molar refractivity (Wildman–Crippen MR) is 87.0 cm³/mol. The minimum Gasteiger partial charge on any atom is -0.496 e. The van der Waals surface area contributed by atoms with Crippen molar-refractivity contribution in [3.63, 3.8) is 0 Å². The molecule has 1 saturated heterocycles. The Labute approximate surface area is 141 Å². The number of rotatable bonds is 4. The van der Waals surface area contributed by atoms with Crippen LogP contribution in [0.15, 0.2) is 17.0 Å². The molecule has 2 rings (SSSR count). The second-order valence-corrected chi connectivity index (χ2v) is 7.19. The molecular formula is C15H22N2O6S. The van der Waals surface area contributed by atoms with Gasteiger partial charge in [0.15, 0.2) is 0 Å². The van der Waals surface area contributed by atoms with E-state index in [1.165, 1.54) is 36.6 Å². The van der Waals surface area contributed by atoms with E-state index in [1.54, 1.807) is 13.0 Å². The van der Waals surface area contributed by atoms with Gasteiger partial charge in [-0.3, -0.25) is 0 Å². The van der Waals surface area contributed by atoms with Gasteiger partial charge in [-0.2, -0.15) is 4.31 Å². The molecule has 0 bridgehead atoms. The van der Waals surface area contributed by atoms with Gasteiger partial charge in [-0.15, -0.1) is 0 Å². The molecule has 0 aliphatic carbocycles. The smallest absolute Gasteiger partial charge is 0.409 e. The molecule has 1 heterocycles. The van der Waals surface area contributed by atoms with Crippen LogP contribution in [0.1, 0.15) is 5.56 Å². The number of carbonyl (C=O) groups is 1. The molecule has 0 unspecified atom stereocenters. The van der Waals surface area contributed by atoms with Gasteiger partial charge in [-0.25, -0.2) is 13.2 Å². The normalized spacial score (nSPS) is 15.9. The van der Waals surface area contributed by atoms with Gasteiger partial charge in [0.2, 0.25) is 10.0 Å². The van der Waals surface area contributed by atoms with Crippen LogP contribution in [0.25, 0.3) is 0 Å². The summed E-state index contributed by atoms with van der Waals surface area (Å²) in [6.45, 7) is 2.70. The van der Waals surface area contributed by atoms with Crippen molar-refractivity contribution < 1.29 is 27.4 Å². The van der Waals surface area contributed by atoms with E-state index in [0.717, 1.165) is 0 Å². The van der Waals surface area contributed by atoms with E-state index in [1.807, 2.05) is 0 Å². The van der Waals surface area contributed by atoms with E-state index in [2.05, 4.69) is 4.74 Å². The molecule has 0 spiro atoms. The third-order valence-corrected chi connectivity index (χ3v) is 5.96. The molecular weight excluding hydrogens is 336 g/mol.